The molecule has 0 saturated heterocycles. The molecule has 0 fully saturated rings. The zero-order valence-electron chi connectivity index (χ0n) is 10.0. The monoisotopic (exact) mass is 314 g/mol. The van der Waals surface area contributed by atoms with Crippen LogP contribution in [-0.4, -0.2) is 24.4 Å². The predicted octanol–water partition coefficient (Wildman–Crippen LogP) is 4.22. The molecule has 0 saturated carbocycles. The van der Waals surface area contributed by atoms with Crippen molar-refractivity contribution in [1.82, 2.24) is 0 Å². The zero-order valence-corrected chi connectivity index (χ0v) is 10.0. The van der Waals surface area contributed by atoms with Crippen LogP contribution in [-0.2, 0) is 9.53 Å². The van der Waals surface area contributed by atoms with Gasteiger partial charge < -0.3 is 4.74 Å². The maximum Gasteiger partial charge on any atom is 0.501 e. The zero-order chi connectivity index (χ0) is 16.4. The summed E-state index contributed by atoms with van der Waals surface area (Å²) in [5.41, 5.74) is -0.898. The van der Waals surface area contributed by atoms with E-state index in [0.29, 0.717) is 0 Å². The number of halogens is 8. The molecule has 0 aromatic carbocycles. The first kappa shape index (κ1) is 18.7. The fourth-order valence-electron chi connectivity index (χ4n) is 0.903. The first-order valence-electron chi connectivity index (χ1n) is 5.11. The molecule has 0 bridgehead atoms. The summed E-state index contributed by atoms with van der Waals surface area (Å²) >= 11 is 0. The Kier molecular flexibility index (Phi) is 5.56. The highest BCUT2D eigenvalue weighted by Gasteiger charge is 2.62. The minimum absolute atomic E-state index is 0.685. The summed E-state index contributed by atoms with van der Waals surface area (Å²) in [7, 11) is 0. The average molecular weight is 314 g/mol. The molecule has 0 spiro atoms. The van der Waals surface area contributed by atoms with Gasteiger partial charge in [-0.3, -0.25) is 0 Å². The van der Waals surface area contributed by atoms with Crippen LogP contribution in [0.4, 0.5) is 35.1 Å². The van der Waals surface area contributed by atoms with Crippen molar-refractivity contribution in [3.63, 3.8) is 0 Å². The molecule has 20 heavy (non-hydrogen) atoms. The molecule has 1 atom stereocenters. The predicted molar refractivity (Wildman–Crippen MR) is 50.7 cm³/mol. The molecule has 0 aromatic rings. The van der Waals surface area contributed by atoms with E-state index in [2.05, 4.69) is 11.3 Å². The minimum Gasteiger partial charge on any atom is -0.390 e. The Morgan fingerprint density at radius 1 is 1.10 bits per heavy atom. The van der Waals surface area contributed by atoms with E-state index in [0.717, 1.165) is 6.92 Å². The van der Waals surface area contributed by atoms with Crippen LogP contribution in [0.3, 0.4) is 0 Å². The molecule has 0 aliphatic heterocycles. The van der Waals surface area contributed by atoms with Gasteiger partial charge >= 0.3 is 24.4 Å². The van der Waals surface area contributed by atoms with E-state index in [1.54, 1.807) is 0 Å². The molecule has 0 aromatic heterocycles. The summed E-state index contributed by atoms with van der Waals surface area (Å²) in [5, 5.41) is 0. The lowest BCUT2D eigenvalue weighted by Gasteiger charge is -2.20. The topological polar surface area (TPSA) is 26.3 Å². The Morgan fingerprint density at radius 2 is 1.55 bits per heavy atom. The molecule has 0 radical (unpaired) electrons. The van der Waals surface area contributed by atoms with Crippen molar-refractivity contribution in [1.29, 1.82) is 0 Å². The number of rotatable bonds is 5. The maximum absolute atomic E-state index is 12.3. The van der Waals surface area contributed by atoms with E-state index in [9.17, 15) is 39.9 Å². The van der Waals surface area contributed by atoms with Crippen molar-refractivity contribution < 1.29 is 44.7 Å². The number of hydrogen-bond acceptors (Lipinski definition) is 2. The average Bonchev–Trinajstić information content (AvgIpc) is 2.21. The second-order valence-corrected chi connectivity index (χ2v) is 3.99. The van der Waals surface area contributed by atoms with Crippen LogP contribution >= 0.6 is 0 Å². The lowest BCUT2D eigenvalue weighted by molar-refractivity contribution is -0.375. The summed E-state index contributed by atoms with van der Waals surface area (Å²) in [5.74, 6) is -3.96. The van der Waals surface area contributed by atoms with Gasteiger partial charge in [0.25, 0.3) is 0 Å². The van der Waals surface area contributed by atoms with Crippen LogP contribution in [0.1, 0.15) is 19.8 Å². The van der Waals surface area contributed by atoms with Crippen LogP contribution in [0.2, 0.25) is 0 Å². The molecule has 0 amide bonds. The number of esters is 1. The Labute approximate surface area is 108 Å². The van der Waals surface area contributed by atoms with E-state index < -0.39 is 48.8 Å². The van der Waals surface area contributed by atoms with Crippen molar-refractivity contribution in [2.24, 2.45) is 5.92 Å². The lowest BCUT2D eigenvalue weighted by atomic mass is 10.0. The van der Waals surface area contributed by atoms with Crippen LogP contribution in [0.5, 0.6) is 0 Å². The third kappa shape index (κ3) is 5.33. The Balaban J connectivity index is 4.49. The quantitative estimate of drug-likeness (QED) is 0.431. The standard InChI is InChI=1S/C10H10F8O2/c1-5(3-4-6(2)8(11,12)13)7(19)20-10(17,18)9(14,15)16/h6H,1,3-4H2,2H3. The summed E-state index contributed by atoms with van der Waals surface area (Å²) < 4.78 is 99.1. The van der Waals surface area contributed by atoms with Crippen molar-refractivity contribution in [2.45, 2.75) is 38.2 Å². The van der Waals surface area contributed by atoms with Gasteiger partial charge in [-0.2, -0.15) is 35.1 Å². The van der Waals surface area contributed by atoms with Gasteiger partial charge in [0.05, 0.1) is 5.92 Å². The van der Waals surface area contributed by atoms with Crippen LogP contribution in [0, 0.1) is 5.92 Å². The molecule has 0 heterocycles. The molecule has 0 rings (SSSR count). The van der Waals surface area contributed by atoms with Gasteiger partial charge in [0.2, 0.25) is 0 Å². The van der Waals surface area contributed by atoms with Crippen molar-refractivity contribution in [3.8, 4) is 0 Å². The third-order valence-corrected chi connectivity index (χ3v) is 2.28. The largest absolute Gasteiger partial charge is 0.501 e. The van der Waals surface area contributed by atoms with Gasteiger partial charge in [-0.15, -0.1) is 0 Å². The highest BCUT2D eigenvalue weighted by molar-refractivity contribution is 5.87. The number of alkyl halides is 8. The van der Waals surface area contributed by atoms with E-state index in [-0.39, 0.29) is 0 Å². The Morgan fingerprint density at radius 3 is 1.90 bits per heavy atom. The summed E-state index contributed by atoms with van der Waals surface area (Å²) in [6, 6.07) is 0. The van der Waals surface area contributed by atoms with E-state index in [1.807, 2.05) is 0 Å². The van der Waals surface area contributed by atoms with Crippen LogP contribution < -0.4 is 0 Å². The molecule has 10 heteroatoms. The molecule has 2 nitrogen and oxygen atoms in total. The second kappa shape index (κ2) is 5.96. The van der Waals surface area contributed by atoms with Gasteiger partial charge in [-0.05, 0) is 12.8 Å². The van der Waals surface area contributed by atoms with E-state index in [4.69, 9.17) is 0 Å². The normalized spacial score (nSPS) is 14.8. The van der Waals surface area contributed by atoms with Crippen LogP contribution in [0.15, 0.2) is 12.2 Å². The third-order valence-electron chi connectivity index (χ3n) is 2.28. The number of ether oxygens (including phenoxy) is 1. The van der Waals surface area contributed by atoms with Gasteiger partial charge in [0.1, 0.15) is 0 Å². The number of hydrogen-bond donors (Lipinski definition) is 0. The fourth-order valence-corrected chi connectivity index (χ4v) is 0.903. The fraction of sp³-hybridized carbons (Fsp3) is 0.700. The van der Waals surface area contributed by atoms with Crippen molar-refractivity contribution in [2.75, 3.05) is 0 Å². The number of carbonyl (C=O) groups excluding carboxylic acids is 1. The van der Waals surface area contributed by atoms with Crippen molar-refractivity contribution >= 4 is 5.97 Å². The van der Waals surface area contributed by atoms with Gasteiger partial charge in [-0.25, -0.2) is 4.79 Å². The van der Waals surface area contributed by atoms with Crippen molar-refractivity contribution in [3.05, 3.63) is 12.2 Å². The molecular formula is C10H10F8O2. The lowest BCUT2D eigenvalue weighted by Crippen LogP contribution is -2.41. The summed E-state index contributed by atoms with van der Waals surface area (Å²) in [6.07, 6.45) is -17.8. The molecule has 0 N–H and O–H groups in total. The van der Waals surface area contributed by atoms with E-state index >= 15 is 0 Å². The summed E-state index contributed by atoms with van der Waals surface area (Å²) in [6.45, 7) is 3.60. The number of carbonyl (C=O) groups is 1. The Hall–Kier alpha value is -1.35. The van der Waals surface area contributed by atoms with Gasteiger partial charge in [0.15, 0.2) is 0 Å². The molecule has 1 unspecified atom stereocenters. The SMILES string of the molecule is C=C(CCC(C)C(F)(F)F)C(=O)OC(F)(F)C(F)(F)F. The van der Waals surface area contributed by atoms with E-state index in [1.165, 1.54) is 0 Å². The second-order valence-electron chi connectivity index (χ2n) is 3.99. The smallest absolute Gasteiger partial charge is 0.390 e. The first-order valence-corrected chi connectivity index (χ1v) is 5.11. The molecule has 0 aliphatic carbocycles. The molecular weight excluding hydrogens is 304 g/mol. The minimum atomic E-state index is -6.11. The highest BCUT2D eigenvalue weighted by atomic mass is 19.4. The van der Waals surface area contributed by atoms with Gasteiger partial charge in [-0.1, -0.05) is 13.5 Å². The molecule has 118 valence electrons. The van der Waals surface area contributed by atoms with Gasteiger partial charge in [0, 0.05) is 5.57 Å². The summed E-state index contributed by atoms with van der Waals surface area (Å²) in [4.78, 5) is 10.9. The first-order chi connectivity index (χ1) is 8.68. The van der Waals surface area contributed by atoms with Crippen LogP contribution in [0.25, 0.3) is 0 Å². The molecule has 0 aliphatic rings. The Bertz CT molecular complexity index is 368. The maximum atomic E-state index is 12.3. The highest BCUT2D eigenvalue weighted by Crippen LogP contribution is 2.37.